The van der Waals surface area contributed by atoms with E-state index in [-0.39, 0.29) is 11.8 Å². The molecule has 1 unspecified atom stereocenters. The number of primary amides is 1. The fourth-order valence-corrected chi connectivity index (χ4v) is 0.384. The Morgan fingerprint density at radius 1 is 1.75 bits per heavy atom. The van der Waals surface area contributed by atoms with Gasteiger partial charge in [0.25, 0.3) is 0 Å². The van der Waals surface area contributed by atoms with E-state index in [0.717, 1.165) is 0 Å². The van der Waals surface area contributed by atoms with Gasteiger partial charge in [0.2, 0.25) is 5.91 Å². The Balaban J connectivity index is 3.64. The van der Waals surface area contributed by atoms with E-state index in [4.69, 9.17) is 5.73 Å². The first-order valence-corrected chi connectivity index (χ1v) is 2.60. The van der Waals surface area contributed by atoms with Gasteiger partial charge in [-0.2, -0.15) is 0 Å². The monoisotopic (exact) mass is 113 g/mol. The summed E-state index contributed by atoms with van der Waals surface area (Å²) in [5.41, 5.74) is 4.93. The Bertz CT molecular complexity index is 107. The molecule has 46 valence electrons. The minimum absolute atomic E-state index is 0.125. The van der Waals surface area contributed by atoms with E-state index < -0.39 is 0 Å². The zero-order valence-corrected chi connectivity index (χ0v) is 5.22. The number of allylic oxidation sites excluding steroid dienone is 1. The third-order valence-electron chi connectivity index (χ3n) is 0.930. The van der Waals surface area contributed by atoms with E-state index in [1.165, 1.54) is 0 Å². The molecule has 1 atom stereocenters. The molecule has 0 fully saturated rings. The van der Waals surface area contributed by atoms with Crippen LogP contribution in [0.4, 0.5) is 0 Å². The molecule has 0 aliphatic carbocycles. The predicted octanol–water partition coefficient (Wildman–Crippen LogP) is 0.684. The molecule has 0 aromatic carbocycles. The second-order valence-corrected chi connectivity index (χ2v) is 1.72. The van der Waals surface area contributed by atoms with Crippen molar-refractivity contribution < 1.29 is 4.79 Å². The summed E-state index contributed by atoms with van der Waals surface area (Å²) in [7, 11) is 0. The second kappa shape index (κ2) is 3.24. The highest BCUT2D eigenvalue weighted by Gasteiger charge is 2.00. The van der Waals surface area contributed by atoms with Crippen molar-refractivity contribution in [3.63, 3.8) is 0 Å². The maximum Gasteiger partial charge on any atom is 0.224 e. The lowest BCUT2D eigenvalue weighted by Crippen LogP contribution is -2.18. The van der Waals surface area contributed by atoms with Crippen LogP contribution < -0.4 is 5.73 Å². The van der Waals surface area contributed by atoms with Gasteiger partial charge < -0.3 is 5.73 Å². The van der Waals surface area contributed by atoms with Gasteiger partial charge in [-0.1, -0.05) is 19.1 Å². The van der Waals surface area contributed by atoms with Crippen LogP contribution in [0.1, 0.15) is 13.8 Å². The van der Waals surface area contributed by atoms with Crippen LogP contribution in [-0.2, 0) is 4.79 Å². The molecule has 0 saturated heterocycles. The molecule has 2 heteroatoms. The standard InChI is InChI=1S/C6H11NO/c1-3-4-5(2)6(7)8/h3-5H,1-2H3,(H2,7,8). The lowest BCUT2D eigenvalue weighted by Gasteiger charge is -1.95. The summed E-state index contributed by atoms with van der Waals surface area (Å²) in [5.74, 6) is -0.400. The normalized spacial score (nSPS) is 14.2. The molecular formula is C6H11NO. The number of hydrogen-bond acceptors (Lipinski definition) is 1. The van der Waals surface area contributed by atoms with Gasteiger partial charge in [-0.05, 0) is 6.92 Å². The molecule has 0 aromatic rings. The Labute approximate surface area is 49.4 Å². The van der Waals surface area contributed by atoms with Crippen molar-refractivity contribution >= 4 is 5.91 Å². The van der Waals surface area contributed by atoms with Crippen LogP contribution in [0, 0.1) is 5.92 Å². The molecule has 0 heterocycles. The number of carbonyl (C=O) groups excluding carboxylic acids is 1. The van der Waals surface area contributed by atoms with Crippen molar-refractivity contribution in [1.29, 1.82) is 0 Å². The van der Waals surface area contributed by atoms with E-state index >= 15 is 0 Å². The van der Waals surface area contributed by atoms with Crippen LogP contribution >= 0.6 is 0 Å². The topological polar surface area (TPSA) is 43.1 Å². The van der Waals surface area contributed by atoms with Crippen molar-refractivity contribution in [1.82, 2.24) is 0 Å². The second-order valence-electron chi connectivity index (χ2n) is 1.72. The molecule has 2 nitrogen and oxygen atoms in total. The van der Waals surface area contributed by atoms with Crippen LogP contribution in [0.15, 0.2) is 12.2 Å². The molecule has 0 aliphatic rings. The van der Waals surface area contributed by atoms with Crippen molar-refractivity contribution in [3.05, 3.63) is 12.2 Å². The van der Waals surface area contributed by atoms with E-state index in [2.05, 4.69) is 0 Å². The summed E-state index contributed by atoms with van der Waals surface area (Å²) in [6.07, 6.45) is 3.58. The van der Waals surface area contributed by atoms with Gasteiger partial charge in [0, 0.05) is 0 Å². The maximum absolute atomic E-state index is 10.3. The number of amides is 1. The summed E-state index contributed by atoms with van der Waals surface area (Å²) in [6, 6.07) is 0. The van der Waals surface area contributed by atoms with Crippen LogP contribution in [-0.4, -0.2) is 5.91 Å². The molecule has 0 spiro atoms. The zero-order chi connectivity index (χ0) is 6.57. The van der Waals surface area contributed by atoms with Crippen LogP contribution in [0.5, 0.6) is 0 Å². The van der Waals surface area contributed by atoms with Crippen LogP contribution in [0.3, 0.4) is 0 Å². The Hall–Kier alpha value is -0.790. The Morgan fingerprint density at radius 2 is 2.25 bits per heavy atom. The van der Waals surface area contributed by atoms with E-state index in [9.17, 15) is 4.79 Å². The minimum Gasteiger partial charge on any atom is -0.369 e. The fourth-order valence-electron chi connectivity index (χ4n) is 0.384. The lowest BCUT2D eigenvalue weighted by molar-refractivity contribution is -0.120. The Morgan fingerprint density at radius 3 is 2.38 bits per heavy atom. The summed E-state index contributed by atoms with van der Waals surface area (Å²) in [6.45, 7) is 3.63. The molecule has 0 rings (SSSR count). The highest BCUT2D eigenvalue weighted by Crippen LogP contribution is 1.92. The van der Waals surface area contributed by atoms with Gasteiger partial charge in [0.15, 0.2) is 0 Å². The molecular weight excluding hydrogens is 102 g/mol. The largest absolute Gasteiger partial charge is 0.369 e. The molecule has 0 bridgehead atoms. The predicted molar refractivity (Wildman–Crippen MR) is 33.2 cm³/mol. The van der Waals surface area contributed by atoms with E-state index in [1.807, 2.05) is 13.0 Å². The van der Waals surface area contributed by atoms with Gasteiger partial charge in [-0.3, -0.25) is 4.79 Å². The molecule has 8 heavy (non-hydrogen) atoms. The summed E-state index contributed by atoms with van der Waals surface area (Å²) in [5, 5.41) is 0. The quantitative estimate of drug-likeness (QED) is 0.526. The number of hydrogen-bond donors (Lipinski definition) is 1. The average Bonchev–Trinajstić information content (AvgIpc) is 1.67. The SMILES string of the molecule is CC=CC(C)C(N)=O. The van der Waals surface area contributed by atoms with Gasteiger partial charge >= 0.3 is 0 Å². The van der Waals surface area contributed by atoms with Gasteiger partial charge in [0.05, 0.1) is 5.92 Å². The molecule has 1 amide bonds. The number of rotatable bonds is 2. The molecule has 0 saturated carbocycles. The summed E-state index contributed by atoms with van der Waals surface area (Å²) < 4.78 is 0. The summed E-state index contributed by atoms with van der Waals surface area (Å²) in [4.78, 5) is 10.3. The third-order valence-corrected chi connectivity index (χ3v) is 0.930. The van der Waals surface area contributed by atoms with Crippen molar-refractivity contribution in [2.24, 2.45) is 11.7 Å². The van der Waals surface area contributed by atoms with Crippen LogP contribution in [0.2, 0.25) is 0 Å². The highest BCUT2D eigenvalue weighted by atomic mass is 16.1. The Kier molecular flexibility index (Phi) is 2.92. The van der Waals surface area contributed by atoms with E-state index in [1.54, 1.807) is 13.0 Å². The number of nitrogens with two attached hydrogens (primary N) is 1. The lowest BCUT2D eigenvalue weighted by atomic mass is 10.1. The van der Waals surface area contributed by atoms with Crippen molar-refractivity contribution in [2.75, 3.05) is 0 Å². The minimum atomic E-state index is -0.275. The average molecular weight is 113 g/mol. The molecule has 0 aliphatic heterocycles. The van der Waals surface area contributed by atoms with Gasteiger partial charge in [-0.15, -0.1) is 0 Å². The third kappa shape index (κ3) is 2.39. The molecule has 0 radical (unpaired) electrons. The van der Waals surface area contributed by atoms with Crippen LogP contribution in [0.25, 0.3) is 0 Å². The highest BCUT2D eigenvalue weighted by molar-refractivity contribution is 5.77. The number of carbonyl (C=O) groups is 1. The molecule has 2 N–H and O–H groups in total. The first-order valence-electron chi connectivity index (χ1n) is 2.60. The van der Waals surface area contributed by atoms with Gasteiger partial charge in [0.1, 0.15) is 0 Å². The van der Waals surface area contributed by atoms with Crippen molar-refractivity contribution in [3.8, 4) is 0 Å². The fraction of sp³-hybridized carbons (Fsp3) is 0.500. The summed E-state index contributed by atoms with van der Waals surface area (Å²) >= 11 is 0. The molecule has 0 aromatic heterocycles. The van der Waals surface area contributed by atoms with Gasteiger partial charge in [-0.25, -0.2) is 0 Å². The zero-order valence-electron chi connectivity index (χ0n) is 5.22. The van der Waals surface area contributed by atoms with E-state index in [0.29, 0.717) is 0 Å². The van der Waals surface area contributed by atoms with Crippen molar-refractivity contribution in [2.45, 2.75) is 13.8 Å². The maximum atomic E-state index is 10.3. The first-order chi connectivity index (χ1) is 3.68. The smallest absolute Gasteiger partial charge is 0.224 e. The first kappa shape index (κ1) is 7.21.